The molecule has 0 unspecified atom stereocenters. The van der Waals surface area contributed by atoms with Gasteiger partial charge in [0.2, 0.25) is 0 Å². The molecule has 0 saturated carbocycles. The predicted molar refractivity (Wildman–Crippen MR) is 82.4 cm³/mol. The van der Waals surface area contributed by atoms with E-state index in [0.717, 1.165) is 19.4 Å². The van der Waals surface area contributed by atoms with Crippen LogP contribution >= 0.6 is 11.8 Å². The van der Waals surface area contributed by atoms with Crippen LogP contribution in [0.5, 0.6) is 0 Å². The third-order valence-electron chi connectivity index (χ3n) is 2.90. The van der Waals surface area contributed by atoms with Gasteiger partial charge in [0, 0.05) is 25.5 Å². The third-order valence-corrected chi connectivity index (χ3v) is 3.55. The molecule has 118 valence electrons. The molecule has 0 aliphatic rings. The summed E-state index contributed by atoms with van der Waals surface area (Å²) in [5.74, 6) is -0.304. The van der Waals surface area contributed by atoms with Crippen molar-refractivity contribution in [3.05, 3.63) is 18.7 Å². The Kier molecular flexibility index (Phi) is 8.34. The van der Waals surface area contributed by atoms with Gasteiger partial charge in [0.05, 0.1) is 6.33 Å². The van der Waals surface area contributed by atoms with Crippen molar-refractivity contribution in [1.29, 1.82) is 0 Å². The highest BCUT2D eigenvalue weighted by Crippen LogP contribution is 2.01. The third kappa shape index (κ3) is 7.60. The van der Waals surface area contributed by atoms with Crippen LogP contribution in [0.1, 0.15) is 19.3 Å². The van der Waals surface area contributed by atoms with Crippen LogP contribution < -0.4 is 10.6 Å². The highest BCUT2D eigenvalue weighted by molar-refractivity contribution is 7.98. The summed E-state index contributed by atoms with van der Waals surface area (Å²) in [4.78, 5) is 26.5. The van der Waals surface area contributed by atoms with Gasteiger partial charge in [-0.1, -0.05) is 0 Å². The Hall–Kier alpha value is -1.70. The molecule has 2 amide bonds. The lowest BCUT2D eigenvalue weighted by atomic mass is 10.2. The van der Waals surface area contributed by atoms with Crippen LogP contribution in [0.25, 0.3) is 0 Å². The van der Waals surface area contributed by atoms with Gasteiger partial charge in [-0.05, 0) is 31.3 Å². The summed E-state index contributed by atoms with van der Waals surface area (Å²) >= 11 is 1.56. The number of aromatic nitrogens is 2. The van der Waals surface area contributed by atoms with Crippen molar-refractivity contribution in [2.45, 2.75) is 31.8 Å². The average Bonchev–Trinajstić information content (AvgIpc) is 2.96. The van der Waals surface area contributed by atoms with Crippen LogP contribution in [0.4, 0.5) is 4.79 Å². The molecule has 1 rings (SSSR count). The lowest BCUT2D eigenvalue weighted by Crippen LogP contribution is -2.46. The maximum atomic E-state index is 11.6. The van der Waals surface area contributed by atoms with Crippen molar-refractivity contribution in [2.75, 3.05) is 18.6 Å². The summed E-state index contributed by atoms with van der Waals surface area (Å²) in [6.45, 7) is 1.38. The van der Waals surface area contributed by atoms with E-state index in [0.29, 0.717) is 18.7 Å². The van der Waals surface area contributed by atoms with Crippen molar-refractivity contribution < 1.29 is 14.7 Å². The van der Waals surface area contributed by atoms with E-state index in [1.165, 1.54) is 0 Å². The number of carbonyl (C=O) groups excluding carboxylic acids is 1. The second kappa shape index (κ2) is 10.1. The Balaban J connectivity index is 2.12. The molecule has 0 fully saturated rings. The van der Waals surface area contributed by atoms with Gasteiger partial charge in [0.15, 0.2) is 0 Å². The molecule has 1 aromatic rings. The lowest BCUT2D eigenvalue weighted by Gasteiger charge is -2.14. The summed E-state index contributed by atoms with van der Waals surface area (Å²) < 4.78 is 1.98. The summed E-state index contributed by atoms with van der Waals surface area (Å²) in [6.07, 6.45) is 9.45. The first-order valence-corrected chi connectivity index (χ1v) is 8.24. The second-order valence-corrected chi connectivity index (χ2v) is 5.57. The molecule has 0 radical (unpaired) electrons. The lowest BCUT2D eigenvalue weighted by molar-refractivity contribution is -0.139. The number of aryl methyl sites for hydroxylation is 1. The molecule has 0 spiro atoms. The van der Waals surface area contributed by atoms with E-state index in [1.54, 1.807) is 24.3 Å². The van der Waals surface area contributed by atoms with Gasteiger partial charge < -0.3 is 20.3 Å². The van der Waals surface area contributed by atoms with Gasteiger partial charge in [-0.25, -0.2) is 14.6 Å². The number of nitrogens with one attached hydrogen (secondary N) is 2. The molecule has 3 N–H and O–H groups in total. The number of urea groups is 1. The Morgan fingerprint density at radius 2 is 2.24 bits per heavy atom. The van der Waals surface area contributed by atoms with Gasteiger partial charge in [-0.15, -0.1) is 0 Å². The van der Waals surface area contributed by atoms with Crippen molar-refractivity contribution >= 4 is 23.8 Å². The number of rotatable bonds is 10. The maximum absolute atomic E-state index is 11.6. The van der Waals surface area contributed by atoms with E-state index in [1.807, 2.05) is 17.0 Å². The monoisotopic (exact) mass is 314 g/mol. The van der Waals surface area contributed by atoms with Crippen molar-refractivity contribution in [2.24, 2.45) is 0 Å². The van der Waals surface area contributed by atoms with Crippen molar-refractivity contribution in [1.82, 2.24) is 20.2 Å². The fraction of sp³-hybridized carbons (Fsp3) is 0.615. The molecule has 8 heteroatoms. The number of nitrogens with zero attached hydrogens (tertiary/aromatic N) is 2. The van der Waals surface area contributed by atoms with E-state index in [-0.39, 0.29) is 0 Å². The molecule has 0 aliphatic heterocycles. The SMILES string of the molecule is CSCC[C@@H](NC(=O)NCCCCn1ccnc1)C(=O)O. The summed E-state index contributed by atoms with van der Waals surface area (Å²) in [5.41, 5.74) is 0. The maximum Gasteiger partial charge on any atom is 0.326 e. The smallest absolute Gasteiger partial charge is 0.326 e. The van der Waals surface area contributed by atoms with Gasteiger partial charge in [0.25, 0.3) is 0 Å². The number of imidazole rings is 1. The zero-order valence-corrected chi connectivity index (χ0v) is 12.9. The molecule has 21 heavy (non-hydrogen) atoms. The van der Waals surface area contributed by atoms with Crippen LogP contribution in [0.3, 0.4) is 0 Å². The number of unbranched alkanes of at least 4 members (excludes halogenated alkanes) is 1. The number of carboxylic acids is 1. The van der Waals surface area contributed by atoms with Gasteiger partial charge >= 0.3 is 12.0 Å². The fourth-order valence-corrected chi connectivity index (χ4v) is 2.21. The molecular weight excluding hydrogens is 292 g/mol. The van der Waals surface area contributed by atoms with Gasteiger partial charge in [-0.2, -0.15) is 11.8 Å². The zero-order chi connectivity index (χ0) is 15.5. The highest BCUT2D eigenvalue weighted by atomic mass is 32.2. The minimum absolute atomic E-state index is 0.421. The van der Waals surface area contributed by atoms with E-state index in [2.05, 4.69) is 15.6 Å². The number of aliphatic carboxylic acids is 1. The van der Waals surface area contributed by atoms with Crippen LogP contribution in [-0.4, -0.2) is 51.3 Å². The topological polar surface area (TPSA) is 96.3 Å². The van der Waals surface area contributed by atoms with Crippen molar-refractivity contribution in [3.63, 3.8) is 0 Å². The van der Waals surface area contributed by atoms with Gasteiger partial charge in [0.1, 0.15) is 6.04 Å². The Morgan fingerprint density at radius 1 is 1.43 bits per heavy atom. The average molecular weight is 314 g/mol. The van der Waals surface area contributed by atoms with E-state index in [9.17, 15) is 9.59 Å². The summed E-state index contributed by atoms with van der Waals surface area (Å²) in [6, 6.07) is -1.26. The standard InChI is InChI=1S/C13H22N4O3S/c1-21-9-4-11(12(18)19)16-13(20)15-5-2-3-7-17-8-6-14-10-17/h6,8,10-11H,2-5,7,9H2,1H3,(H,18,19)(H2,15,16,20)/t11-/m1/s1. The Labute approximate surface area is 128 Å². The van der Waals surface area contributed by atoms with Crippen LogP contribution in [0.15, 0.2) is 18.7 Å². The zero-order valence-electron chi connectivity index (χ0n) is 12.1. The first kappa shape index (κ1) is 17.4. The number of amides is 2. The second-order valence-electron chi connectivity index (χ2n) is 4.58. The number of carbonyl (C=O) groups is 2. The molecule has 1 atom stereocenters. The van der Waals surface area contributed by atoms with E-state index >= 15 is 0 Å². The van der Waals surface area contributed by atoms with Crippen LogP contribution in [-0.2, 0) is 11.3 Å². The minimum Gasteiger partial charge on any atom is -0.480 e. The molecule has 0 aromatic carbocycles. The van der Waals surface area contributed by atoms with Crippen LogP contribution in [0.2, 0.25) is 0 Å². The Bertz CT molecular complexity index is 425. The van der Waals surface area contributed by atoms with E-state index < -0.39 is 18.0 Å². The Morgan fingerprint density at radius 3 is 2.86 bits per heavy atom. The number of hydrogen-bond acceptors (Lipinski definition) is 4. The number of thioether (sulfide) groups is 1. The van der Waals surface area contributed by atoms with Crippen molar-refractivity contribution in [3.8, 4) is 0 Å². The molecule has 0 aliphatic carbocycles. The van der Waals surface area contributed by atoms with E-state index in [4.69, 9.17) is 5.11 Å². The molecule has 0 saturated heterocycles. The normalized spacial score (nSPS) is 11.9. The molecule has 1 aromatic heterocycles. The number of carboxylic acid groups (broad SMARTS) is 1. The summed E-state index contributed by atoms with van der Waals surface area (Å²) in [7, 11) is 0. The molecular formula is C13H22N4O3S. The first-order chi connectivity index (χ1) is 10.1. The minimum atomic E-state index is -1.00. The fourth-order valence-electron chi connectivity index (χ4n) is 1.74. The first-order valence-electron chi connectivity index (χ1n) is 6.85. The molecule has 0 bridgehead atoms. The highest BCUT2D eigenvalue weighted by Gasteiger charge is 2.18. The van der Waals surface area contributed by atoms with Gasteiger partial charge in [-0.3, -0.25) is 0 Å². The number of hydrogen-bond donors (Lipinski definition) is 3. The quantitative estimate of drug-likeness (QED) is 0.563. The summed E-state index contributed by atoms with van der Waals surface area (Å²) in [5, 5.41) is 14.2. The molecule has 1 heterocycles. The largest absolute Gasteiger partial charge is 0.480 e. The molecule has 7 nitrogen and oxygen atoms in total. The van der Waals surface area contributed by atoms with Crippen LogP contribution in [0, 0.1) is 0 Å². The predicted octanol–water partition coefficient (Wildman–Crippen LogP) is 1.17.